The van der Waals surface area contributed by atoms with Gasteiger partial charge in [0.1, 0.15) is 5.75 Å². The monoisotopic (exact) mass is 289 g/mol. The predicted octanol–water partition coefficient (Wildman–Crippen LogP) is 5.82. The van der Waals surface area contributed by atoms with E-state index in [4.69, 9.17) is 4.74 Å². The summed E-state index contributed by atoms with van der Waals surface area (Å²) in [7, 11) is 1.70. The normalized spacial score (nSPS) is 11.1. The lowest BCUT2D eigenvalue weighted by Gasteiger charge is -2.12. The van der Waals surface area contributed by atoms with Crippen LogP contribution in [0.5, 0.6) is 5.75 Å². The molecule has 0 aliphatic rings. The molecule has 0 spiro atoms. The molecule has 0 heterocycles. The van der Waals surface area contributed by atoms with Crippen LogP contribution in [-0.2, 0) is 0 Å². The minimum absolute atomic E-state index is 0.546. The quantitative estimate of drug-likeness (QED) is 0.590. The Kier molecular flexibility index (Phi) is 3.89. The summed E-state index contributed by atoms with van der Waals surface area (Å²) in [5.41, 5.74) is 4.81. The predicted molar refractivity (Wildman–Crippen MR) is 94.5 cm³/mol. The van der Waals surface area contributed by atoms with Crippen LogP contribution in [0.1, 0.15) is 30.9 Å². The molecule has 3 aromatic rings. The summed E-state index contributed by atoms with van der Waals surface area (Å²) >= 11 is 0. The number of fused-ring (bicyclic) bond motifs is 1. The average molecular weight is 289 g/mol. The number of hydrogen-bond donors (Lipinski definition) is 0. The first kappa shape index (κ1) is 14.6. The van der Waals surface area contributed by atoms with Gasteiger partial charge in [-0.25, -0.2) is 0 Å². The lowest BCUT2D eigenvalue weighted by atomic mass is 9.94. The van der Waals surface area contributed by atoms with E-state index in [2.05, 4.69) is 69.3 Å². The molecule has 1 radical (unpaired) electrons. The summed E-state index contributed by atoms with van der Waals surface area (Å²) in [4.78, 5) is 0. The minimum atomic E-state index is 0.546. The molecule has 0 unspecified atom stereocenters. The van der Waals surface area contributed by atoms with Gasteiger partial charge in [-0.2, -0.15) is 0 Å². The first-order chi connectivity index (χ1) is 10.6. The van der Waals surface area contributed by atoms with Crippen molar-refractivity contribution in [2.75, 3.05) is 7.11 Å². The van der Waals surface area contributed by atoms with Crippen LogP contribution in [0.25, 0.3) is 21.9 Å². The van der Waals surface area contributed by atoms with Crippen LogP contribution < -0.4 is 4.74 Å². The number of methoxy groups -OCH3 is 1. The zero-order valence-electron chi connectivity index (χ0n) is 13.4. The van der Waals surface area contributed by atoms with Crippen LogP contribution in [-0.4, -0.2) is 7.11 Å². The zero-order valence-corrected chi connectivity index (χ0v) is 13.4. The van der Waals surface area contributed by atoms with Crippen LogP contribution in [0.15, 0.2) is 54.6 Å². The van der Waals surface area contributed by atoms with Crippen molar-refractivity contribution in [1.29, 1.82) is 0 Å². The van der Waals surface area contributed by atoms with Crippen LogP contribution in [0.2, 0.25) is 0 Å². The fraction of sp³-hybridized carbons (Fsp3) is 0.190. The zero-order chi connectivity index (χ0) is 15.7. The second kappa shape index (κ2) is 5.84. The Morgan fingerprint density at radius 3 is 2.27 bits per heavy atom. The van der Waals surface area contributed by atoms with Gasteiger partial charge in [0, 0.05) is 0 Å². The molecule has 0 N–H and O–H groups in total. The Bertz CT molecular complexity index is 798. The van der Waals surface area contributed by atoms with Crippen molar-refractivity contribution in [1.82, 2.24) is 0 Å². The van der Waals surface area contributed by atoms with E-state index >= 15 is 0 Å². The largest absolute Gasteiger partial charge is 0.497 e. The van der Waals surface area contributed by atoms with Crippen molar-refractivity contribution in [3.63, 3.8) is 0 Å². The highest BCUT2D eigenvalue weighted by Crippen LogP contribution is 2.33. The van der Waals surface area contributed by atoms with E-state index in [1.807, 2.05) is 6.07 Å². The van der Waals surface area contributed by atoms with Gasteiger partial charge in [0.25, 0.3) is 0 Å². The van der Waals surface area contributed by atoms with Crippen LogP contribution in [0, 0.1) is 6.92 Å². The second-order valence-electron chi connectivity index (χ2n) is 6.01. The molecule has 3 rings (SSSR count). The van der Waals surface area contributed by atoms with E-state index in [0.29, 0.717) is 5.92 Å². The summed E-state index contributed by atoms with van der Waals surface area (Å²) in [5.74, 6) is 1.43. The topological polar surface area (TPSA) is 9.23 Å². The Morgan fingerprint density at radius 2 is 1.64 bits per heavy atom. The van der Waals surface area contributed by atoms with Crippen molar-refractivity contribution in [2.24, 2.45) is 0 Å². The molecular weight excluding hydrogens is 268 g/mol. The third kappa shape index (κ3) is 2.71. The van der Waals surface area contributed by atoms with E-state index in [1.165, 1.54) is 27.5 Å². The molecule has 0 aliphatic heterocycles. The van der Waals surface area contributed by atoms with Crippen molar-refractivity contribution >= 4 is 10.8 Å². The maximum Gasteiger partial charge on any atom is 0.119 e. The van der Waals surface area contributed by atoms with Gasteiger partial charge < -0.3 is 4.74 Å². The fourth-order valence-electron chi connectivity index (χ4n) is 2.81. The average Bonchev–Trinajstić information content (AvgIpc) is 2.53. The van der Waals surface area contributed by atoms with E-state index < -0.39 is 0 Å². The molecule has 111 valence electrons. The highest BCUT2D eigenvalue weighted by Gasteiger charge is 2.07. The molecule has 0 atom stereocenters. The van der Waals surface area contributed by atoms with Crippen molar-refractivity contribution < 1.29 is 4.74 Å². The summed E-state index contributed by atoms with van der Waals surface area (Å²) in [5, 5.41) is 2.39. The molecule has 0 amide bonds. The van der Waals surface area contributed by atoms with Gasteiger partial charge in [0.2, 0.25) is 0 Å². The van der Waals surface area contributed by atoms with Gasteiger partial charge in [0.05, 0.1) is 7.11 Å². The van der Waals surface area contributed by atoms with Crippen molar-refractivity contribution in [3.8, 4) is 16.9 Å². The molecule has 0 saturated carbocycles. The van der Waals surface area contributed by atoms with Crippen LogP contribution in [0.3, 0.4) is 0 Å². The summed E-state index contributed by atoms with van der Waals surface area (Å²) < 4.78 is 5.38. The Morgan fingerprint density at radius 1 is 0.909 bits per heavy atom. The van der Waals surface area contributed by atoms with Crippen molar-refractivity contribution in [3.05, 3.63) is 72.6 Å². The standard InChI is InChI=1S/C21H21O/c1-14(2)16-5-7-17(8-6-16)20-12-15(3)11-18-9-10-19(22-4)13-21(18)20/h5-14H,3H2,1-2,4H3. The molecular formula is C21H21O. The molecule has 0 fully saturated rings. The molecule has 1 heteroatoms. The third-order valence-electron chi connectivity index (χ3n) is 4.11. The lowest BCUT2D eigenvalue weighted by molar-refractivity contribution is 0.415. The van der Waals surface area contributed by atoms with Gasteiger partial charge >= 0.3 is 0 Å². The molecule has 0 bridgehead atoms. The van der Waals surface area contributed by atoms with Crippen molar-refractivity contribution in [2.45, 2.75) is 19.8 Å². The van der Waals surface area contributed by atoms with Gasteiger partial charge in [-0.15, -0.1) is 0 Å². The first-order valence-electron chi connectivity index (χ1n) is 7.62. The maximum atomic E-state index is 5.38. The molecule has 0 saturated heterocycles. The second-order valence-corrected chi connectivity index (χ2v) is 6.01. The Balaban J connectivity index is 2.19. The number of ether oxygens (including phenoxy) is 1. The van der Waals surface area contributed by atoms with E-state index in [0.717, 1.165) is 11.3 Å². The number of rotatable bonds is 3. The van der Waals surface area contributed by atoms with Crippen LogP contribution in [0.4, 0.5) is 0 Å². The number of benzene rings is 3. The maximum absolute atomic E-state index is 5.38. The van der Waals surface area contributed by atoms with Gasteiger partial charge in [-0.1, -0.05) is 56.3 Å². The molecule has 0 aliphatic carbocycles. The summed E-state index contributed by atoms with van der Waals surface area (Å²) in [6.45, 7) is 8.54. The van der Waals surface area contributed by atoms with Crippen LogP contribution >= 0.6 is 0 Å². The molecule has 1 nitrogen and oxygen atoms in total. The molecule has 0 aromatic heterocycles. The number of hydrogen-bond acceptors (Lipinski definition) is 1. The summed E-state index contributed by atoms with van der Waals surface area (Å²) in [6, 6.07) is 19.3. The van der Waals surface area contributed by atoms with E-state index in [-0.39, 0.29) is 0 Å². The van der Waals surface area contributed by atoms with E-state index in [9.17, 15) is 0 Å². The van der Waals surface area contributed by atoms with Gasteiger partial charge in [0.15, 0.2) is 0 Å². The Labute approximate surface area is 132 Å². The lowest BCUT2D eigenvalue weighted by Crippen LogP contribution is -1.89. The molecule has 3 aromatic carbocycles. The third-order valence-corrected chi connectivity index (χ3v) is 4.11. The Hall–Kier alpha value is -2.28. The SMILES string of the molecule is [CH2]c1cc(-c2ccc(C(C)C)cc2)c2cc(OC)ccc2c1. The minimum Gasteiger partial charge on any atom is -0.497 e. The van der Waals surface area contributed by atoms with Gasteiger partial charge in [-0.3, -0.25) is 0 Å². The highest BCUT2D eigenvalue weighted by molar-refractivity contribution is 5.98. The summed E-state index contributed by atoms with van der Waals surface area (Å²) in [6.07, 6.45) is 0. The smallest absolute Gasteiger partial charge is 0.119 e. The highest BCUT2D eigenvalue weighted by atomic mass is 16.5. The first-order valence-corrected chi connectivity index (χ1v) is 7.62. The van der Waals surface area contributed by atoms with Gasteiger partial charge in [-0.05, 0) is 58.0 Å². The fourth-order valence-corrected chi connectivity index (χ4v) is 2.81. The van der Waals surface area contributed by atoms with E-state index in [1.54, 1.807) is 7.11 Å². The molecule has 22 heavy (non-hydrogen) atoms.